The summed E-state index contributed by atoms with van der Waals surface area (Å²) in [5, 5.41) is 0. The Labute approximate surface area is 127 Å². The van der Waals surface area contributed by atoms with Crippen molar-refractivity contribution < 1.29 is 18.2 Å². The maximum atomic E-state index is 11.3. The van der Waals surface area contributed by atoms with Crippen LogP contribution in [-0.2, 0) is 11.1 Å². The van der Waals surface area contributed by atoms with Crippen molar-refractivity contribution in [2.45, 2.75) is 5.92 Å². The molecule has 4 nitrogen and oxygen atoms in total. The van der Waals surface area contributed by atoms with E-state index >= 15 is 0 Å². The average molecular weight is 306 g/mol. The molecule has 0 radical (unpaired) electrons. The van der Waals surface area contributed by atoms with Gasteiger partial charge in [-0.3, -0.25) is 0 Å². The highest BCUT2D eigenvalue weighted by molar-refractivity contribution is 7.79. The molecule has 1 unspecified atom stereocenters. The normalized spacial score (nSPS) is 12.2. The molecular weight excluding hydrogens is 288 g/mol. The topological polar surface area (TPSA) is 55.8 Å². The van der Waals surface area contributed by atoms with Gasteiger partial charge in [0.1, 0.15) is 11.5 Å². The van der Waals surface area contributed by atoms with Crippen molar-refractivity contribution in [1.82, 2.24) is 0 Å². The van der Waals surface area contributed by atoms with Gasteiger partial charge in [-0.2, -0.15) is 0 Å². The molecule has 0 saturated carbocycles. The Kier molecular flexibility index (Phi) is 5.36. The van der Waals surface area contributed by atoms with Crippen LogP contribution in [-0.4, -0.2) is 28.7 Å². The third-order valence-electron chi connectivity index (χ3n) is 3.35. The van der Waals surface area contributed by atoms with Crippen LogP contribution in [0, 0.1) is 0 Å². The molecule has 0 bridgehead atoms. The maximum Gasteiger partial charge on any atom is 0.153 e. The van der Waals surface area contributed by atoms with Gasteiger partial charge in [0.2, 0.25) is 0 Å². The average Bonchev–Trinajstić information content (AvgIpc) is 2.53. The molecule has 112 valence electrons. The summed E-state index contributed by atoms with van der Waals surface area (Å²) in [7, 11) is 3.22. The molecule has 0 saturated heterocycles. The van der Waals surface area contributed by atoms with Crippen LogP contribution in [0.5, 0.6) is 11.5 Å². The lowest BCUT2D eigenvalue weighted by Gasteiger charge is -2.17. The van der Waals surface area contributed by atoms with E-state index in [1.807, 2.05) is 48.5 Å². The molecule has 0 aliphatic heterocycles. The van der Waals surface area contributed by atoms with Gasteiger partial charge in [-0.25, -0.2) is 4.21 Å². The number of benzene rings is 2. The second-order valence-corrected chi connectivity index (χ2v) is 5.56. The Hall–Kier alpha value is -1.85. The Morgan fingerprint density at radius 3 is 1.57 bits per heavy atom. The highest BCUT2D eigenvalue weighted by Crippen LogP contribution is 2.28. The van der Waals surface area contributed by atoms with E-state index in [-0.39, 0.29) is 11.7 Å². The minimum absolute atomic E-state index is 0.146. The predicted octanol–water partition coefficient (Wildman–Crippen LogP) is 3.06. The van der Waals surface area contributed by atoms with Crippen LogP contribution in [0.4, 0.5) is 0 Å². The molecule has 0 aromatic heterocycles. The van der Waals surface area contributed by atoms with Gasteiger partial charge in [0, 0.05) is 5.92 Å². The Bertz CT molecular complexity index is 545. The third-order valence-corrected chi connectivity index (χ3v) is 3.96. The molecule has 0 fully saturated rings. The first-order valence-corrected chi connectivity index (χ1v) is 7.77. The standard InChI is InChI=1S/C16H18O4S/c1-19-14-7-3-12(4-8-14)16(11-21(17)18)13-5-9-15(20-2)10-6-13/h3-10,16H,11H2,1-2H3,(H,17,18). The number of hydrogen-bond donors (Lipinski definition) is 1. The molecule has 0 heterocycles. The Morgan fingerprint density at radius 2 is 1.29 bits per heavy atom. The van der Waals surface area contributed by atoms with Gasteiger partial charge >= 0.3 is 0 Å². The lowest BCUT2D eigenvalue weighted by atomic mass is 9.93. The summed E-state index contributed by atoms with van der Waals surface area (Å²) in [4.78, 5) is 0. The van der Waals surface area contributed by atoms with Crippen LogP contribution in [0.25, 0.3) is 0 Å². The molecule has 0 spiro atoms. The zero-order valence-corrected chi connectivity index (χ0v) is 12.8. The number of hydrogen-bond acceptors (Lipinski definition) is 3. The lowest BCUT2D eigenvalue weighted by molar-refractivity contribution is 0.414. The zero-order chi connectivity index (χ0) is 15.2. The van der Waals surface area contributed by atoms with Crippen LogP contribution in [0.3, 0.4) is 0 Å². The van der Waals surface area contributed by atoms with Crippen LogP contribution < -0.4 is 9.47 Å². The van der Waals surface area contributed by atoms with E-state index in [1.54, 1.807) is 14.2 Å². The molecule has 0 aliphatic carbocycles. The Morgan fingerprint density at radius 1 is 0.905 bits per heavy atom. The van der Waals surface area contributed by atoms with Gasteiger partial charge < -0.3 is 14.0 Å². The summed E-state index contributed by atoms with van der Waals surface area (Å²) in [6, 6.07) is 15.1. The molecule has 0 aliphatic rings. The monoisotopic (exact) mass is 306 g/mol. The number of methoxy groups -OCH3 is 2. The minimum atomic E-state index is -1.87. The summed E-state index contributed by atoms with van der Waals surface area (Å²) in [5.74, 6) is 1.53. The summed E-state index contributed by atoms with van der Waals surface area (Å²) in [6.07, 6.45) is 0. The SMILES string of the molecule is COc1ccc(C(CS(=O)O)c2ccc(OC)cc2)cc1. The van der Waals surface area contributed by atoms with Crippen molar-refractivity contribution >= 4 is 11.1 Å². The number of rotatable bonds is 6. The van der Waals surface area contributed by atoms with E-state index < -0.39 is 11.1 Å². The fourth-order valence-corrected chi connectivity index (χ4v) is 2.87. The van der Waals surface area contributed by atoms with E-state index in [0.29, 0.717) is 0 Å². The van der Waals surface area contributed by atoms with Crippen LogP contribution in [0.1, 0.15) is 17.0 Å². The first-order chi connectivity index (χ1) is 10.1. The predicted molar refractivity (Wildman–Crippen MR) is 83.5 cm³/mol. The summed E-state index contributed by atoms with van der Waals surface area (Å²) in [5.41, 5.74) is 1.95. The van der Waals surface area contributed by atoms with Gasteiger partial charge in [-0.1, -0.05) is 24.3 Å². The molecule has 0 amide bonds. The van der Waals surface area contributed by atoms with Gasteiger partial charge in [-0.05, 0) is 35.4 Å². The quantitative estimate of drug-likeness (QED) is 0.833. The highest BCUT2D eigenvalue weighted by atomic mass is 32.2. The van der Waals surface area contributed by atoms with Crippen LogP contribution >= 0.6 is 0 Å². The fourth-order valence-electron chi connectivity index (χ4n) is 2.20. The van der Waals surface area contributed by atoms with Gasteiger partial charge in [0.15, 0.2) is 11.1 Å². The molecule has 2 rings (SSSR count). The van der Waals surface area contributed by atoms with Crippen molar-refractivity contribution in [1.29, 1.82) is 0 Å². The molecular formula is C16H18O4S. The van der Waals surface area contributed by atoms with E-state index in [2.05, 4.69) is 0 Å². The van der Waals surface area contributed by atoms with E-state index in [1.165, 1.54) is 0 Å². The van der Waals surface area contributed by atoms with E-state index in [9.17, 15) is 8.76 Å². The van der Waals surface area contributed by atoms with Crippen molar-refractivity contribution in [3.8, 4) is 11.5 Å². The van der Waals surface area contributed by atoms with Crippen LogP contribution in [0.15, 0.2) is 48.5 Å². The van der Waals surface area contributed by atoms with Crippen molar-refractivity contribution in [2.75, 3.05) is 20.0 Å². The largest absolute Gasteiger partial charge is 0.497 e. The highest BCUT2D eigenvalue weighted by Gasteiger charge is 2.17. The van der Waals surface area contributed by atoms with Gasteiger partial charge in [-0.15, -0.1) is 0 Å². The molecule has 1 atom stereocenters. The lowest BCUT2D eigenvalue weighted by Crippen LogP contribution is -2.10. The second kappa shape index (κ2) is 7.24. The van der Waals surface area contributed by atoms with E-state index in [0.717, 1.165) is 22.6 Å². The summed E-state index contributed by atoms with van der Waals surface area (Å²) in [6.45, 7) is 0. The summed E-state index contributed by atoms with van der Waals surface area (Å²) < 4.78 is 30.8. The fraction of sp³-hybridized carbons (Fsp3) is 0.250. The molecule has 2 aromatic rings. The first-order valence-electron chi connectivity index (χ1n) is 6.49. The van der Waals surface area contributed by atoms with Crippen molar-refractivity contribution in [3.63, 3.8) is 0 Å². The molecule has 21 heavy (non-hydrogen) atoms. The van der Waals surface area contributed by atoms with Crippen LogP contribution in [0.2, 0.25) is 0 Å². The minimum Gasteiger partial charge on any atom is -0.497 e. The van der Waals surface area contributed by atoms with Gasteiger partial charge in [0.25, 0.3) is 0 Å². The van der Waals surface area contributed by atoms with E-state index in [4.69, 9.17) is 9.47 Å². The maximum absolute atomic E-state index is 11.3. The molecule has 5 heteroatoms. The first kappa shape index (κ1) is 15.5. The Balaban J connectivity index is 2.33. The van der Waals surface area contributed by atoms with Gasteiger partial charge in [0.05, 0.1) is 20.0 Å². The smallest absolute Gasteiger partial charge is 0.153 e. The summed E-state index contributed by atoms with van der Waals surface area (Å²) >= 11 is -1.87. The van der Waals surface area contributed by atoms with Crippen molar-refractivity contribution in [3.05, 3.63) is 59.7 Å². The third kappa shape index (κ3) is 4.06. The van der Waals surface area contributed by atoms with Crippen molar-refractivity contribution in [2.24, 2.45) is 0 Å². The molecule has 2 aromatic carbocycles. The zero-order valence-electron chi connectivity index (χ0n) is 12.0. The second-order valence-electron chi connectivity index (χ2n) is 4.59. The number of ether oxygens (including phenoxy) is 2. The molecule has 1 N–H and O–H groups in total.